The van der Waals surface area contributed by atoms with Crippen molar-refractivity contribution in [2.24, 2.45) is 0 Å². The zero-order valence-electron chi connectivity index (χ0n) is 10.5. The summed E-state index contributed by atoms with van der Waals surface area (Å²) in [7, 11) is 1.64. The van der Waals surface area contributed by atoms with Gasteiger partial charge in [0.1, 0.15) is 5.75 Å². The van der Waals surface area contributed by atoms with E-state index in [0.29, 0.717) is 13.0 Å². The lowest BCUT2D eigenvalue weighted by atomic mass is 9.98. The van der Waals surface area contributed by atoms with E-state index in [2.05, 4.69) is 16.7 Å². The molecule has 1 amide bonds. The molecule has 0 saturated carbocycles. The first kappa shape index (κ1) is 12.5. The van der Waals surface area contributed by atoms with E-state index in [0.717, 1.165) is 36.4 Å². The summed E-state index contributed by atoms with van der Waals surface area (Å²) in [4.78, 5) is 10.4. The Morgan fingerprint density at radius 3 is 3.11 bits per heavy atom. The molecule has 5 nitrogen and oxygen atoms in total. The first-order valence-electron chi connectivity index (χ1n) is 6.11. The summed E-state index contributed by atoms with van der Waals surface area (Å²) in [5, 5.41) is 14.3. The van der Waals surface area contributed by atoms with Crippen molar-refractivity contribution in [1.82, 2.24) is 5.32 Å². The van der Waals surface area contributed by atoms with Crippen LogP contribution in [-0.4, -0.2) is 31.4 Å². The number of aryl methyl sites for hydroxylation is 1. The highest BCUT2D eigenvalue weighted by Gasteiger charge is 2.13. The van der Waals surface area contributed by atoms with Crippen molar-refractivity contribution in [3.8, 4) is 5.75 Å². The third kappa shape index (κ3) is 2.85. The zero-order chi connectivity index (χ0) is 13.0. The first-order valence-corrected chi connectivity index (χ1v) is 6.11. The Kier molecular flexibility index (Phi) is 3.92. The summed E-state index contributed by atoms with van der Waals surface area (Å²) in [6.45, 7) is 1.40. The molecule has 0 atom stereocenters. The van der Waals surface area contributed by atoms with Crippen LogP contribution in [0.1, 0.15) is 17.5 Å². The number of hydrogen-bond acceptors (Lipinski definition) is 3. The van der Waals surface area contributed by atoms with Crippen LogP contribution in [-0.2, 0) is 12.8 Å². The average Bonchev–Trinajstić information content (AvgIpc) is 2.37. The predicted octanol–water partition coefficient (Wildman–Crippen LogP) is 1.86. The number of rotatable bonds is 4. The van der Waals surface area contributed by atoms with Crippen LogP contribution in [0, 0.1) is 0 Å². The maximum Gasteiger partial charge on any atom is 0.404 e. The van der Waals surface area contributed by atoms with Gasteiger partial charge in [-0.05, 0) is 36.5 Å². The SMILES string of the molecule is COc1cc2c(cc1CCNC(=O)O)CCCN2. The largest absolute Gasteiger partial charge is 0.496 e. The van der Waals surface area contributed by atoms with Crippen LogP contribution in [0.4, 0.5) is 10.5 Å². The van der Waals surface area contributed by atoms with Crippen molar-refractivity contribution in [3.63, 3.8) is 0 Å². The van der Waals surface area contributed by atoms with Crippen molar-refractivity contribution in [3.05, 3.63) is 23.3 Å². The molecule has 1 aliphatic heterocycles. The molecular weight excluding hydrogens is 232 g/mol. The smallest absolute Gasteiger partial charge is 0.404 e. The predicted molar refractivity (Wildman–Crippen MR) is 69.5 cm³/mol. The molecule has 0 aliphatic carbocycles. The summed E-state index contributed by atoms with van der Waals surface area (Å²) in [6.07, 6.45) is 1.84. The Balaban J connectivity index is 2.14. The maximum atomic E-state index is 10.4. The van der Waals surface area contributed by atoms with Gasteiger partial charge in [0.05, 0.1) is 7.11 Å². The second-order valence-corrected chi connectivity index (χ2v) is 4.33. The van der Waals surface area contributed by atoms with Crippen LogP contribution in [0.5, 0.6) is 5.75 Å². The fourth-order valence-corrected chi connectivity index (χ4v) is 2.24. The highest BCUT2D eigenvalue weighted by molar-refractivity contribution is 5.64. The van der Waals surface area contributed by atoms with E-state index in [1.54, 1.807) is 7.11 Å². The second kappa shape index (κ2) is 5.62. The number of hydrogen-bond donors (Lipinski definition) is 3. The minimum absolute atomic E-state index is 0.401. The second-order valence-electron chi connectivity index (χ2n) is 4.33. The van der Waals surface area contributed by atoms with E-state index < -0.39 is 6.09 Å². The molecule has 0 radical (unpaired) electrons. The Hall–Kier alpha value is -1.91. The molecule has 1 aromatic carbocycles. The molecule has 0 bridgehead atoms. The monoisotopic (exact) mass is 250 g/mol. The van der Waals surface area contributed by atoms with Crippen molar-refractivity contribution < 1.29 is 14.6 Å². The van der Waals surface area contributed by atoms with Crippen LogP contribution in [0.2, 0.25) is 0 Å². The van der Waals surface area contributed by atoms with Crippen molar-refractivity contribution in [1.29, 1.82) is 0 Å². The number of anilines is 1. The normalized spacial score (nSPS) is 13.4. The Bertz CT molecular complexity index is 446. The highest BCUT2D eigenvalue weighted by atomic mass is 16.5. The molecule has 0 spiro atoms. The summed E-state index contributed by atoms with van der Waals surface area (Å²) in [5.41, 5.74) is 3.47. The fraction of sp³-hybridized carbons (Fsp3) is 0.462. The molecular formula is C13H18N2O3. The molecule has 5 heteroatoms. The summed E-state index contributed by atoms with van der Waals surface area (Å²) in [5.74, 6) is 0.815. The van der Waals surface area contributed by atoms with Gasteiger partial charge in [0.25, 0.3) is 0 Å². The van der Waals surface area contributed by atoms with Gasteiger partial charge in [0.15, 0.2) is 0 Å². The van der Waals surface area contributed by atoms with E-state index in [9.17, 15) is 4.79 Å². The number of nitrogens with one attached hydrogen (secondary N) is 2. The van der Waals surface area contributed by atoms with Crippen LogP contribution < -0.4 is 15.4 Å². The molecule has 1 aromatic rings. The van der Waals surface area contributed by atoms with E-state index in [1.807, 2.05) is 6.07 Å². The molecule has 3 N–H and O–H groups in total. The number of methoxy groups -OCH3 is 1. The number of benzene rings is 1. The van der Waals surface area contributed by atoms with Gasteiger partial charge in [0.2, 0.25) is 0 Å². The lowest BCUT2D eigenvalue weighted by Crippen LogP contribution is -2.23. The van der Waals surface area contributed by atoms with E-state index in [-0.39, 0.29) is 0 Å². The quantitative estimate of drug-likeness (QED) is 0.763. The van der Waals surface area contributed by atoms with Gasteiger partial charge in [0, 0.05) is 24.8 Å². The molecule has 1 aliphatic rings. The Labute approximate surface area is 106 Å². The van der Waals surface area contributed by atoms with Crippen LogP contribution >= 0.6 is 0 Å². The Morgan fingerprint density at radius 2 is 2.39 bits per heavy atom. The van der Waals surface area contributed by atoms with Crippen molar-refractivity contribution >= 4 is 11.8 Å². The summed E-state index contributed by atoms with van der Waals surface area (Å²) >= 11 is 0. The molecule has 0 aromatic heterocycles. The van der Waals surface area contributed by atoms with Gasteiger partial charge in [-0.25, -0.2) is 4.79 Å². The number of carboxylic acid groups (broad SMARTS) is 1. The van der Waals surface area contributed by atoms with Gasteiger partial charge < -0.3 is 20.5 Å². The standard InChI is InChI=1S/C13H18N2O3/c1-18-12-8-11-9(3-2-5-14-11)7-10(12)4-6-15-13(16)17/h7-8,14-15H,2-6H2,1H3,(H,16,17). The topological polar surface area (TPSA) is 70.6 Å². The van der Waals surface area contributed by atoms with E-state index in [1.165, 1.54) is 5.56 Å². The van der Waals surface area contributed by atoms with Gasteiger partial charge >= 0.3 is 6.09 Å². The molecule has 1 heterocycles. The lowest BCUT2D eigenvalue weighted by molar-refractivity contribution is 0.194. The molecule has 18 heavy (non-hydrogen) atoms. The molecule has 98 valence electrons. The molecule has 0 saturated heterocycles. The molecule has 0 fully saturated rings. The lowest BCUT2D eigenvalue weighted by Gasteiger charge is -2.20. The average molecular weight is 250 g/mol. The number of fused-ring (bicyclic) bond motifs is 1. The van der Waals surface area contributed by atoms with E-state index in [4.69, 9.17) is 9.84 Å². The Morgan fingerprint density at radius 1 is 1.56 bits per heavy atom. The van der Waals surface area contributed by atoms with Gasteiger partial charge in [-0.15, -0.1) is 0 Å². The van der Waals surface area contributed by atoms with Crippen molar-refractivity contribution in [2.75, 3.05) is 25.5 Å². The van der Waals surface area contributed by atoms with Crippen molar-refractivity contribution in [2.45, 2.75) is 19.3 Å². The minimum Gasteiger partial charge on any atom is -0.496 e. The third-order valence-electron chi connectivity index (χ3n) is 3.12. The first-order chi connectivity index (χ1) is 8.70. The minimum atomic E-state index is -0.992. The van der Waals surface area contributed by atoms with E-state index >= 15 is 0 Å². The molecule has 2 rings (SSSR count). The van der Waals surface area contributed by atoms with Gasteiger partial charge in [-0.2, -0.15) is 0 Å². The fourth-order valence-electron chi connectivity index (χ4n) is 2.24. The van der Waals surface area contributed by atoms with Gasteiger partial charge in [-0.1, -0.05) is 0 Å². The number of carbonyl (C=O) groups is 1. The summed E-state index contributed by atoms with van der Waals surface area (Å²) < 4.78 is 5.35. The summed E-state index contributed by atoms with van der Waals surface area (Å²) in [6, 6.07) is 4.12. The number of ether oxygens (including phenoxy) is 1. The number of amides is 1. The van der Waals surface area contributed by atoms with Gasteiger partial charge in [-0.3, -0.25) is 0 Å². The maximum absolute atomic E-state index is 10.4. The third-order valence-corrected chi connectivity index (χ3v) is 3.12. The van der Waals surface area contributed by atoms with Crippen LogP contribution in [0.3, 0.4) is 0 Å². The van der Waals surface area contributed by atoms with Crippen LogP contribution in [0.15, 0.2) is 12.1 Å². The van der Waals surface area contributed by atoms with Crippen LogP contribution in [0.25, 0.3) is 0 Å². The highest BCUT2D eigenvalue weighted by Crippen LogP contribution is 2.30. The zero-order valence-corrected chi connectivity index (χ0v) is 10.5. The molecule has 0 unspecified atom stereocenters.